The van der Waals surface area contributed by atoms with Gasteiger partial charge in [-0.25, -0.2) is 4.79 Å². The third kappa shape index (κ3) is 3.77. The molecular formula is C19H19NO3. The molecule has 0 aromatic heterocycles. The minimum atomic E-state index is -0.927. The van der Waals surface area contributed by atoms with Crippen molar-refractivity contribution in [2.45, 2.75) is 31.9 Å². The van der Waals surface area contributed by atoms with Gasteiger partial charge in [0.05, 0.1) is 5.56 Å². The van der Waals surface area contributed by atoms with Crippen LogP contribution in [0.15, 0.2) is 54.6 Å². The van der Waals surface area contributed by atoms with Gasteiger partial charge in [-0.15, -0.1) is 0 Å². The Bertz CT molecular complexity index is 708. The number of aryl methyl sites for hydroxylation is 1. The summed E-state index contributed by atoms with van der Waals surface area (Å²) in [6.45, 7) is 1.85. The molecule has 23 heavy (non-hydrogen) atoms. The van der Waals surface area contributed by atoms with E-state index in [1.807, 2.05) is 37.3 Å². The number of esters is 1. The topological polar surface area (TPSA) is 55.4 Å². The molecule has 1 N–H and O–H groups in total. The summed E-state index contributed by atoms with van der Waals surface area (Å²) < 4.78 is 5.54. The van der Waals surface area contributed by atoms with Crippen molar-refractivity contribution >= 4 is 11.9 Å². The van der Waals surface area contributed by atoms with Gasteiger partial charge in [-0.05, 0) is 31.4 Å². The van der Waals surface area contributed by atoms with Crippen LogP contribution in [0.4, 0.5) is 0 Å². The summed E-state index contributed by atoms with van der Waals surface area (Å²) in [7, 11) is 0. The van der Waals surface area contributed by atoms with Gasteiger partial charge >= 0.3 is 5.97 Å². The lowest BCUT2D eigenvalue weighted by Crippen LogP contribution is -2.33. The van der Waals surface area contributed by atoms with Crippen molar-refractivity contribution in [2.75, 3.05) is 0 Å². The van der Waals surface area contributed by atoms with Crippen LogP contribution >= 0.6 is 0 Å². The van der Waals surface area contributed by atoms with Gasteiger partial charge in [-0.3, -0.25) is 4.79 Å². The number of hydrogen-bond acceptors (Lipinski definition) is 3. The van der Waals surface area contributed by atoms with E-state index in [1.54, 1.807) is 24.3 Å². The van der Waals surface area contributed by atoms with Crippen molar-refractivity contribution in [3.63, 3.8) is 0 Å². The highest BCUT2D eigenvalue weighted by Gasteiger charge is 2.31. The molecule has 1 aliphatic rings. The molecule has 1 saturated carbocycles. The van der Waals surface area contributed by atoms with Crippen molar-refractivity contribution < 1.29 is 14.3 Å². The van der Waals surface area contributed by atoms with Crippen molar-refractivity contribution in [3.8, 4) is 0 Å². The standard InChI is InChI=1S/C19H19NO3/c1-13-7-5-6-10-16(13)19(22)23-17(14-8-3-2-4-9-14)18(21)20-15-11-12-15/h2-10,15,17H,11-12H2,1H3,(H,20,21)/t17-/m1/s1. The highest BCUT2D eigenvalue weighted by atomic mass is 16.5. The first-order valence-corrected chi connectivity index (χ1v) is 7.77. The minimum Gasteiger partial charge on any atom is -0.444 e. The Labute approximate surface area is 135 Å². The summed E-state index contributed by atoms with van der Waals surface area (Å²) in [6, 6.07) is 16.5. The molecule has 2 aromatic carbocycles. The van der Waals surface area contributed by atoms with E-state index in [-0.39, 0.29) is 11.9 Å². The van der Waals surface area contributed by atoms with Crippen LogP contribution in [0.5, 0.6) is 0 Å². The summed E-state index contributed by atoms with van der Waals surface area (Å²) in [5.74, 6) is -0.747. The van der Waals surface area contributed by atoms with Crippen LogP contribution < -0.4 is 5.32 Å². The molecule has 2 aromatic rings. The summed E-state index contributed by atoms with van der Waals surface area (Å²) in [5, 5.41) is 2.91. The number of carbonyl (C=O) groups is 2. The maximum Gasteiger partial charge on any atom is 0.339 e. The number of benzene rings is 2. The van der Waals surface area contributed by atoms with Crippen LogP contribution in [0.3, 0.4) is 0 Å². The second-order valence-corrected chi connectivity index (χ2v) is 5.79. The third-order valence-electron chi connectivity index (χ3n) is 3.85. The monoisotopic (exact) mass is 309 g/mol. The summed E-state index contributed by atoms with van der Waals surface area (Å²) in [5.41, 5.74) is 1.98. The second kappa shape index (κ2) is 6.65. The molecule has 0 aliphatic heterocycles. The molecule has 0 radical (unpaired) electrons. The quantitative estimate of drug-likeness (QED) is 0.863. The number of carbonyl (C=O) groups excluding carboxylic acids is 2. The largest absolute Gasteiger partial charge is 0.444 e. The first-order chi connectivity index (χ1) is 11.1. The Morgan fingerprint density at radius 2 is 1.70 bits per heavy atom. The van der Waals surface area contributed by atoms with Gasteiger partial charge in [-0.1, -0.05) is 48.5 Å². The zero-order valence-electron chi connectivity index (χ0n) is 13.0. The minimum absolute atomic E-state index is 0.214. The number of nitrogens with one attached hydrogen (secondary N) is 1. The Kier molecular flexibility index (Phi) is 4.42. The Morgan fingerprint density at radius 1 is 1.04 bits per heavy atom. The SMILES string of the molecule is Cc1ccccc1C(=O)O[C@@H](C(=O)NC1CC1)c1ccccc1. The fourth-order valence-corrected chi connectivity index (χ4v) is 2.38. The third-order valence-corrected chi connectivity index (χ3v) is 3.85. The zero-order chi connectivity index (χ0) is 16.2. The van der Waals surface area contributed by atoms with E-state index < -0.39 is 12.1 Å². The Morgan fingerprint density at radius 3 is 2.35 bits per heavy atom. The van der Waals surface area contributed by atoms with E-state index in [1.165, 1.54) is 0 Å². The zero-order valence-corrected chi connectivity index (χ0v) is 13.0. The van der Waals surface area contributed by atoms with Gasteiger partial charge in [-0.2, -0.15) is 0 Å². The fraction of sp³-hybridized carbons (Fsp3) is 0.263. The van der Waals surface area contributed by atoms with Crippen molar-refractivity contribution in [1.29, 1.82) is 0 Å². The molecule has 0 heterocycles. The van der Waals surface area contributed by atoms with E-state index >= 15 is 0 Å². The Hall–Kier alpha value is -2.62. The number of ether oxygens (including phenoxy) is 1. The molecule has 3 rings (SSSR count). The van der Waals surface area contributed by atoms with Gasteiger partial charge < -0.3 is 10.1 Å². The molecule has 1 fully saturated rings. The van der Waals surface area contributed by atoms with Crippen LogP contribution in [0.1, 0.15) is 40.4 Å². The van der Waals surface area contributed by atoms with Crippen molar-refractivity contribution in [3.05, 3.63) is 71.3 Å². The molecule has 0 spiro atoms. The average Bonchev–Trinajstić information content (AvgIpc) is 3.37. The van der Waals surface area contributed by atoms with Crippen molar-refractivity contribution in [2.24, 2.45) is 0 Å². The lowest BCUT2D eigenvalue weighted by Gasteiger charge is -2.18. The number of hydrogen-bond donors (Lipinski definition) is 1. The van der Waals surface area contributed by atoms with Crippen molar-refractivity contribution in [1.82, 2.24) is 5.32 Å². The first-order valence-electron chi connectivity index (χ1n) is 7.77. The number of amides is 1. The van der Waals surface area contributed by atoms with Crippen LogP contribution in [-0.4, -0.2) is 17.9 Å². The van der Waals surface area contributed by atoms with Gasteiger partial charge in [0.25, 0.3) is 5.91 Å². The smallest absolute Gasteiger partial charge is 0.339 e. The van der Waals surface area contributed by atoms with Crippen LogP contribution in [0.25, 0.3) is 0 Å². The molecule has 4 heteroatoms. The van der Waals surface area contributed by atoms with E-state index in [9.17, 15) is 9.59 Å². The molecule has 118 valence electrons. The molecular weight excluding hydrogens is 290 g/mol. The van der Waals surface area contributed by atoms with Crippen LogP contribution in [0.2, 0.25) is 0 Å². The second-order valence-electron chi connectivity index (χ2n) is 5.79. The van der Waals surface area contributed by atoms with Gasteiger partial charge in [0.2, 0.25) is 6.10 Å². The molecule has 0 bridgehead atoms. The molecule has 0 unspecified atom stereocenters. The fourth-order valence-electron chi connectivity index (χ4n) is 2.38. The van der Waals surface area contributed by atoms with Gasteiger partial charge in [0.1, 0.15) is 0 Å². The average molecular weight is 309 g/mol. The highest BCUT2D eigenvalue weighted by Crippen LogP contribution is 2.24. The van der Waals surface area contributed by atoms with Crippen LogP contribution in [-0.2, 0) is 9.53 Å². The lowest BCUT2D eigenvalue weighted by atomic mass is 10.1. The van der Waals surface area contributed by atoms with Crippen LogP contribution in [0, 0.1) is 6.92 Å². The highest BCUT2D eigenvalue weighted by molar-refractivity contribution is 5.94. The van der Waals surface area contributed by atoms with E-state index in [0.717, 1.165) is 18.4 Å². The molecule has 4 nitrogen and oxygen atoms in total. The maximum absolute atomic E-state index is 12.5. The number of rotatable bonds is 5. The predicted octanol–water partition coefficient (Wildman–Crippen LogP) is 3.17. The maximum atomic E-state index is 12.5. The molecule has 1 amide bonds. The van der Waals surface area contributed by atoms with E-state index in [2.05, 4.69) is 5.32 Å². The molecule has 1 aliphatic carbocycles. The Balaban J connectivity index is 1.82. The van der Waals surface area contributed by atoms with E-state index in [0.29, 0.717) is 11.1 Å². The lowest BCUT2D eigenvalue weighted by molar-refractivity contribution is -0.130. The predicted molar refractivity (Wildman–Crippen MR) is 86.9 cm³/mol. The molecule has 0 saturated heterocycles. The van der Waals surface area contributed by atoms with E-state index in [4.69, 9.17) is 4.74 Å². The van der Waals surface area contributed by atoms with Gasteiger partial charge in [0.15, 0.2) is 0 Å². The summed E-state index contributed by atoms with van der Waals surface area (Å²) in [6.07, 6.45) is 1.04. The molecule has 1 atom stereocenters. The summed E-state index contributed by atoms with van der Waals surface area (Å²) in [4.78, 5) is 24.9. The normalized spacial score (nSPS) is 14.8. The summed E-state index contributed by atoms with van der Waals surface area (Å²) >= 11 is 0. The van der Waals surface area contributed by atoms with Gasteiger partial charge in [0, 0.05) is 11.6 Å². The first kappa shape index (κ1) is 15.3.